The van der Waals surface area contributed by atoms with Crippen LogP contribution in [0.1, 0.15) is 20.3 Å². The van der Waals surface area contributed by atoms with Gasteiger partial charge < -0.3 is 0 Å². The zero-order valence-corrected chi connectivity index (χ0v) is 7.67. The Bertz CT molecular complexity index is 238. The van der Waals surface area contributed by atoms with Crippen molar-refractivity contribution in [3.63, 3.8) is 0 Å². The van der Waals surface area contributed by atoms with Gasteiger partial charge in [-0.3, -0.25) is 0 Å². The van der Waals surface area contributed by atoms with Gasteiger partial charge in [-0.2, -0.15) is 5.10 Å². The second kappa shape index (κ2) is 6.36. The van der Waals surface area contributed by atoms with E-state index in [9.17, 15) is 0 Å². The molecular weight excluding hydrogens is 148 g/mol. The fourth-order valence-electron chi connectivity index (χ4n) is 0.539. The quantitative estimate of drug-likeness (QED) is 0.345. The molecule has 0 aliphatic rings. The van der Waals surface area contributed by atoms with Crippen LogP contribution < -0.4 is 0 Å². The van der Waals surface area contributed by atoms with Crippen molar-refractivity contribution in [1.82, 2.24) is 0 Å². The standard InChI is InChI=1S/C10H14N2/c1-5-10(12-11-4)8-6-7-9(2)3/h5,9H,1,4,7H2,2-3H3/b12-10+. The Balaban J connectivity index is 4.15. The highest BCUT2D eigenvalue weighted by Gasteiger charge is 1.87. The van der Waals surface area contributed by atoms with Crippen molar-refractivity contribution in [1.29, 1.82) is 0 Å². The second-order valence-corrected chi connectivity index (χ2v) is 2.73. The van der Waals surface area contributed by atoms with Gasteiger partial charge in [0.1, 0.15) is 5.71 Å². The van der Waals surface area contributed by atoms with Crippen LogP contribution in [-0.4, -0.2) is 12.4 Å². The summed E-state index contributed by atoms with van der Waals surface area (Å²) < 4.78 is 0. The van der Waals surface area contributed by atoms with E-state index in [1.165, 1.54) is 0 Å². The molecule has 0 fully saturated rings. The van der Waals surface area contributed by atoms with Crippen molar-refractivity contribution in [2.45, 2.75) is 20.3 Å². The fourth-order valence-corrected chi connectivity index (χ4v) is 0.539. The summed E-state index contributed by atoms with van der Waals surface area (Å²) in [6.07, 6.45) is 2.44. The molecule has 0 amide bonds. The molecule has 0 unspecified atom stereocenters. The minimum atomic E-state index is 0.575. The Morgan fingerprint density at radius 1 is 1.58 bits per heavy atom. The molecule has 0 aromatic heterocycles. The molecule has 0 aliphatic carbocycles. The molecule has 0 heterocycles. The summed E-state index contributed by atoms with van der Waals surface area (Å²) >= 11 is 0. The maximum atomic E-state index is 3.68. The summed E-state index contributed by atoms with van der Waals surface area (Å²) in [6, 6.07) is 0. The van der Waals surface area contributed by atoms with E-state index in [2.05, 4.69) is 49.2 Å². The van der Waals surface area contributed by atoms with Crippen LogP contribution in [0, 0.1) is 17.8 Å². The van der Waals surface area contributed by atoms with Gasteiger partial charge in [0, 0.05) is 13.1 Å². The van der Waals surface area contributed by atoms with Gasteiger partial charge in [-0.25, -0.2) is 0 Å². The lowest BCUT2D eigenvalue weighted by Crippen LogP contribution is -1.87. The first-order valence-electron chi connectivity index (χ1n) is 3.85. The number of allylic oxidation sites excluding steroid dienone is 1. The molecule has 0 N–H and O–H groups in total. The molecule has 0 saturated carbocycles. The van der Waals surface area contributed by atoms with Crippen LogP contribution in [0.25, 0.3) is 0 Å². The van der Waals surface area contributed by atoms with E-state index in [1.54, 1.807) is 6.08 Å². The number of rotatable bonds is 3. The van der Waals surface area contributed by atoms with Crippen molar-refractivity contribution in [3.8, 4) is 11.8 Å². The Morgan fingerprint density at radius 3 is 2.67 bits per heavy atom. The van der Waals surface area contributed by atoms with Gasteiger partial charge in [0.05, 0.1) is 0 Å². The highest BCUT2D eigenvalue weighted by Crippen LogP contribution is 1.95. The summed E-state index contributed by atoms with van der Waals surface area (Å²) in [5.74, 6) is 6.41. The molecule has 2 nitrogen and oxygen atoms in total. The molecule has 0 rings (SSSR count). The van der Waals surface area contributed by atoms with Crippen molar-refractivity contribution >= 4 is 12.4 Å². The lowest BCUT2D eigenvalue weighted by Gasteiger charge is -1.92. The summed E-state index contributed by atoms with van der Waals surface area (Å²) in [7, 11) is 0. The van der Waals surface area contributed by atoms with Crippen LogP contribution in [0.2, 0.25) is 0 Å². The third-order valence-electron chi connectivity index (χ3n) is 1.10. The molecule has 0 saturated heterocycles. The number of nitrogens with zero attached hydrogens (tertiary/aromatic N) is 2. The fraction of sp³-hybridized carbons (Fsp3) is 0.400. The highest BCUT2D eigenvalue weighted by atomic mass is 15.2. The first-order valence-corrected chi connectivity index (χ1v) is 3.85. The molecule has 0 aromatic rings. The molecule has 0 radical (unpaired) electrons. The molecule has 0 aromatic carbocycles. The Kier molecular flexibility index (Phi) is 5.64. The van der Waals surface area contributed by atoms with Gasteiger partial charge in [0.2, 0.25) is 0 Å². The van der Waals surface area contributed by atoms with Crippen molar-refractivity contribution in [2.24, 2.45) is 16.1 Å². The summed E-state index contributed by atoms with van der Waals surface area (Å²) in [5.41, 5.74) is 0.575. The van der Waals surface area contributed by atoms with Crippen molar-refractivity contribution in [3.05, 3.63) is 12.7 Å². The maximum absolute atomic E-state index is 3.68. The van der Waals surface area contributed by atoms with Crippen LogP contribution in [0.5, 0.6) is 0 Å². The molecule has 64 valence electrons. The Hall–Kier alpha value is -1.36. The highest BCUT2D eigenvalue weighted by molar-refractivity contribution is 6.08. The van der Waals surface area contributed by atoms with Crippen LogP contribution in [0.15, 0.2) is 22.9 Å². The number of hydrogen-bond donors (Lipinski definition) is 0. The van der Waals surface area contributed by atoms with Gasteiger partial charge in [0.15, 0.2) is 0 Å². The lowest BCUT2D eigenvalue weighted by atomic mass is 10.1. The third-order valence-corrected chi connectivity index (χ3v) is 1.10. The minimum absolute atomic E-state index is 0.575. The van der Waals surface area contributed by atoms with Crippen LogP contribution in [0.4, 0.5) is 0 Å². The average Bonchev–Trinajstić information content (AvgIpc) is 2.02. The van der Waals surface area contributed by atoms with Crippen LogP contribution in [-0.2, 0) is 0 Å². The summed E-state index contributed by atoms with van der Waals surface area (Å²) in [4.78, 5) is 0. The monoisotopic (exact) mass is 162 g/mol. The SMILES string of the molecule is C=C/C(C#CCC(C)C)=N\N=C. The molecule has 0 aliphatic heterocycles. The minimum Gasteiger partial charge on any atom is -0.166 e. The van der Waals surface area contributed by atoms with E-state index in [1.807, 2.05) is 0 Å². The average molecular weight is 162 g/mol. The van der Waals surface area contributed by atoms with E-state index in [4.69, 9.17) is 0 Å². The normalized spacial score (nSPS) is 10.4. The van der Waals surface area contributed by atoms with Crippen LogP contribution >= 0.6 is 0 Å². The molecule has 0 atom stereocenters. The van der Waals surface area contributed by atoms with Crippen LogP contribution in [0.3, 0.4) is 0 Å². The molecular formula is C10H14N2. The van der Waals surface area contributed by atoms with E-state index in [-0.39, 0.29) is 0 Å². The van der Waals surface area contributed by atoms with Gasteiger partial charge in [-0.15, -0.1) is 5.10 Å². The van der Waals surface area contributed by atoms with E-state index in [0.29, 0.717) is 11.6 Å². The van der Waals surface area contributed by atoms with E-state index < -0.39 is 0 Å². The first-order chi connectivity index (χ1) is 5.70. The van der Waals surface area contributed by atoms with Gasteiger partial charge >= 0.3 is 0 Å². The first kappa shape index (κ1) is 10.6. The molecule has 12 heavy (non-hydrogen) atoms. The second-order valence-electron chi connectivity index (χ2n) is 2.73. The number of hydrogen-bond acceptors (Lipinski definition) is 2. The van der Waals surface area contributed by atoms with Gasteiger partial charge in [-0.05, 0) is 17.9 Å². The largest absolute Gasteiger partial charge is 0.166 e. The van der Waals surface area contributed by atoms with E-state index in [0.717, 1.165) is 6.42 Å². The Labute approximate surface area is 74.1 Å². The molecule has 0 bridgehead atoms. The maximum Gasteiger partial charge on any atom is 0.135 e. The Morgan fingerprint density at radius 2 is 2.25 bits per heavy atom. The molecule has 2 heteroatoms. The third kappa shape index (κ3) is 5.43. The topological polar surface area (TPSA) is 24.7 Å². The van der Waals surface area contributed by atoms with Crippen molar-refractivity contribution in [2.75, 3.05) is 0 Å². The summed E-state index contributed by atoms with van der Waals surface area (Å²) in [5, 5.41) is 7.05. The zero-order valence-electron chi connectivity index (χ0n) is 7.67. The van der Waals surface area contributed by atoms with E-state index >= 15 is 0 Å². The smallest absolute Gasteiger partial charge is 0.135 e. The molecule has 0 spiro atoms. The predicted molar refractivity (Wildman–Crippen MR) is 54.4 cm³/mol. The zero-order chi connectivity index (χ0) is 9.40. The van der Waals surface area contributed by atoms with Crippen molar-refractivity contribution < 1.29 is 0 Å². The summed E-state index contributed by atoms with van der Waals surface area (Å²) in [6.45, 7) is 11.0. The van der Waals surface area contributed by atoms with Gasteiger partial charge in [0.25, 0.3) is 0 Å². The van der Waals surface area contributed by atoms with Gasteiger partial charge in [-0.1, -0.05) is 26.3 Å². The predicted octanol–water partition coefficient (Wildman–Crippen LogP) is 2.28. The lowest BCUT2D eigenvalue weighted by molar-refractivity contribution is 0.676.